The standard InChI is InChI=1S/C15H19BrN2O3/c16-12-5-3-11(4-6-12)15(21)17-8-7-14(20)18-9-1-2-13(19)10-18/h3-6,13,19H,1-2,7-10H2,(H,17,21)/t13-/m0/s1. The van der Waals surface area contributed by atoms with E-state index in [1.165, 1.54) is 0 Å². The SMILES string of the molecule is O=C(NCCC(=O)N1CCC[C@H](O)C1)c1ccc(Br)cc1. The molecule has 0 bridgehead atoms. The first kappa shape index (κ1) is 16.0. The normalized spacial score (nSPS) is 18.4. The summed E-state index contributed by atoms with van der Waals surface area (Å²) in [5.41, 5.74) is 0.569. The Kier molecular flexibility index (Phi) is 5.76. The fraction of sp³-hybridized carbons (Fsp3) is 0.467. The highest BCUT2D eigenvalue weighted by molar-refractivity contribution is 9.10. The third-order valence-electron chi connectivity index (χ3n) is 3.48. The second kappa shape index (κ2) is 7.56. The number of carbonyl (C=O) groups excluding carboxylic acids is 2. The second-order valence-corrected chi connectivity index (χ2v) is 6.06. The number of likely N-dealkylation sites (tertiary alicyclic amines) is 1. The topological polar surface area (TPSA) is 69.6 Å². The molecule has 0 saturated carbocycles. The number of β-amino-alcohol motifs (C(OH)–C–C–N with tert-alkyl or cyclic N) is 1. The fourth-order valence-electron chi connectivity index (χ4n) is 2.33. The maximum Gasteiger partial charge on any atom is 0.251 e. The van der Waals surface area contributed by atoms with Crippen LogP contribution in [0.5, 0.6) is 0 Å². The number of nitrogens with one attached hydrogen (secondary N) is 1. The molecule has 1 aromatic carbocycles. The summed E-state index contributed by atoms with van der Waals surface area (Å²) in [7, 11) is 0. The van der Waals surface area contributed by atoms with Crippen LogP contribution in [0.4, 0.5) is 0 Å². The van der Waals surface area contributed by atoms with Gasteiger partial charge in [0.25, 0.3) is 5.91 Å². The van der Waals surface area contributed by atoms with Gasteiger partial charge in [0, 0.05) is 36.1 Å². The Bertz CT molecular complexity index is 504. The molecule has 1 heterocycles. The lowest BCUT2D eigenvalue weighted by Gasteiger charge is -2.30. The zero-order chi connectivity index (χ0) is 15.2. The van der Waals surface area contributed by atoms with E-state index in [2.05, 4.69) is 21.2 Å². The smallest absolute Gasteiger partial charge is 0.251 e. The van der Waals surface area contributed by atoms with Crippen molar-refractivity contribution >= 4 is 27.7 Å². The maximum absolute atomic E-state index is 12.0. The van der Waals surface area contributed by atoms with Crippen LogP contribution in [0.25, 0.3) is 0 Å². The molecule has 5 nitrogen and oxygen atoms in total. The molecule has 1 fully saturated rings. The molecule has 1 aliphatic rings. The molecule has 2 rings (SSSR count). The van der Waals surface area contributed by atoms with Gasteiger partial charge in [-0.1, -0.05) is 15.9 Å². The number of hydrogen-bond acceptors (Lipinski definition) is 3. The average molecular weight is 355 g/mol. The molecule has 1 aromatic rings. The molecule has 114 valence electrons. The van der Waals surface area contributed by atoms with Gasteiger partial charge in [0.2, 0.25) is 5.91 Å². The number of amides is 2. The van der Waals surface area contributed by atoms with Crippen molar-refractivity contribution in [3.8, 4) is 0 Å². The summed E-state index contributed by atoms with van der Waals surface area (Å²) in [6.07, 6.45) is 1.43. The Labute approximate surface area is 132 Å². The number of carbonyl (C=O) groups is 2. The van der Waals surface area contributed by atoms with E-state index in [0.717, 1.165) is 17.3 Å². The highest BCUT2D eigenvalue weighted by Crippen LogP contribution is 2.11. The number of aliphatic hydroxyl groups is 1. The molecule has 2 amide bonds. The van der Waals surface area contributed by atoms with Gasteiger partial charge < -0.3 is 15.3 Å². The summed E-state index contributed by atoms with van der Waals surface area (Å²) in [5.74, 6) is -0.209. The van der Waals surface area contributed by atoms with Crippen LogP contribution >= 0.6 is 15.9 Å². The van der Waals surface area contributed by atoms with Gasteiger partial charge in [0.05, 0.1) is 6.10 Å². The van der Waals surface area contributed by atoms with Gasteiger partial charge in [-0.15, -0.1) is 0 Å². The first-order chi connectivity index (χ1) is 10.1. The molecule has 1 aliphatic heterocycles. The number of halogens is 1. The molecular weight excluding hydrogens is 336 g/mol. The van der Waals surface area contributed by atoms with Crippen molar-refractivity contribution in [1.82, 2.24) is 10.2 Å². The van der Waals surface area contributed by atoms with Crippen LogP contribution in [-0.2, 0) is 4.79 Å². The molecule has 0 aromatic heterocycles. The van der Waals surface area contributed by atoms with Gasteiger partial charge >= 0.3 is 0 Å². The summed E-state index contributed by atoms with van der Waals surface area (Å²) in [6, 6.07) is 7.05. The molecular formula is C15H19BrN2O3. The molecule has 2 N–H and O–H groups in total. The van der Waals surface area contributed by atoms with Crippen LogP contribution in [0.3, 0.4) is 0 Å². The summed E-state index contributed by atoms with van der Waals surface area (Å²) < 4.78 is 0.915. The minimum atomic E-state index is -0.417. The summed E-state index contributed by atoms with van der Waals surface area (Å²) >= 11 is 3.31. The highest BCUT2D eigenvalue weighted by Gasteiger charge is 2.21. The van der Waals surface area contributed by atoms with E-state index in [4.69, 9.17) is 0 Å². The summed E-state index contributed by atoms with van der Waals surface area (Å²) in [6.45, 7) is 1.40. The Morgan fingerprint density at radius 1 is 1.33 bits per heavy atom. The maximum atomic E-state index is 12.0. The van der Waals surface area contributed by atoms with Crippen molar-refractivity contribution in [1.29, 1.82) is 0 Å². The van der Waals surface area contributed by atoms with Gasteiger partial charge in [-0.05, 0) is 37.1 Å². The van der Waals surface area contributed by atoms with Crippen molar-refractivity contribution in [2.45, 2.75) is 25.4 Å². The van der Waals surface area contributed by atoms with Crippen molar-refractivity contribution in [3.05, 3.63) is 34.3 Å². The Morgan fingerprint density at radius 3 is 2.71 bits per heavy atom. The minimum absolute atomic E-state index is 0.0233. The van der Waals surface area contributed by atoms with Crippen LogP contribution in [0, 0.1) is 0 Å². The first-order valence-electron chi connectivity index (χ1n) is 7.06. The van der Waals surface area contributed by atoms with Gasteiger partial charge in [-0.25, -0.2) is 0 Å². The molecule has 1 saturated heterocycles. The molecule has 21 heavy (non-hydrogen) atoms. The highest BCUT2D eigenvalue weighted by atomic mass is 79.9. The minimum Gasteiger partial charge on any atom is -0.391 e. The van der Waals surface area contributed by atoms with E-state index in [0.29, 0.717) is 25.2 Å². The molecule has 6 heteroatoms. The molecule has 0 unspecified atom stereocenters. The van der Waals surface area contributed by atoms with Crippen LogP contribution in [0.2, 0.25) is 0 Å². The number of benzene rings is 1. The third-order valence-corrected chi connectivity index (χ3v) is 4.01. The van der Waals surface area contributed by atoms with Gasteiger partial charge in [-0.3, -0.25) is 9.59 Å². The first-order valence-corrected chi connectivity index (χ1v) is 7.85. The van der Waals surface area contributed by atoms with Gasteiger partial charge in [0.15, 0.2) is 0 Å². The molecule has 1 atom stereocenters. The van der Waals surface area contributed by atoms with Crippen LogP contribution in [0.15, 0.2) is 28.7 Å². The quantitative estimate of drug-likeness (QED) is 0.861. The number of aliphatic hydroxyl groups excluding tert-OH is 1. The van der Waals surface area contributed by atoms with Crippen LogP contribution < -0.4 is 5.32 Å². The zero-order valence-corrected chi connectivity index (χ0v) is 13.3. The Hall–Kier alpha value is -1.40. The van der Waals surface area contributed by atoms with E-state index >= 15 is 0 Å². The second-order valence-electron chi connectivity index (χ2n) is 5.15. The molecule has 0 radical (unpaired) electrons. The van der Waals surface area contributed by atoms with Crippen LogP contribution in [-0.4, -0.2) is 47.6 Å². The number of rotatable bonds is 4. The number of nitrogens with zero attached hydrogens (tertiary/aromatic N) is 1. The lowest BCUT2D eigenvalue weighted by Crippen LogP contribution is -2.43. The Morgan fingerprint density at radius 2 is 2.05 bits per heavy atom. The fourth-order valence-corrected chi connectivity index (χ4v) is 2.59. The van der Waals surface area contributed by atoms with Crippen LogP contribution in [0.1, 0.15) is 29.6 Å². The van der Waals surface area contributed by atoms with Crippen molar-refractivity contribution < 1.29 is 14.7 Å². The third kappa shape index (κ3) is 4.82. The monoisotopic (exact) mass is 354 g/mol. The number of hydrogen-bond donors (Lipinski definition) is 2. The molecule has 0 aliphatic carbocycles. The predicted molar refractivity (Wildman–Crippen MR) is 82.9 cm³/mol. The van der Waals surface area contributed by atoms with E-state index < -0.39 is 6.10 Å². The Balaban J connectivity index is 1.74. The number of piperidine rings is 1. The molecule has 0 spiro atoms. The average Bonchev–Trinajstić information content (AvgIpc) is 2.47. The van der Waals surface area contributed by atoms with Crippen molar-refractivity contribution in [2.75, 3.05) is 19.6 Å². The lowest BCUT2D eigenvalue weighted by molar-refractivity contribution is -0.134. The summed E-state index contributed by atoms with van der Waals surface area (Å²) in [5, 5.41) is 12.3. The largest absolute Gasteiger partial charge is 0.391 e. The lowest BCUT2D eigenvalue weighted by atomic mass is 10.1. The summed E-state index contributed by atoms with van der Waals surface area (Å²) in [4.78, 5) is 25.5. The zero-order valence-electron chi connectivity index (χ0n) is 11.7. The van der Waals surface area contributed by atoms with Gasteiger partial charge in [-0.2, -0.15) is 0 Å². The van der Waals surface area contributed by atoms with Crippen molar-refractivity contribution in [2.24, 2.45) is 0 Å². The predicted octanol–water partition coefficient (Wildman–Crippen LogP) is 1.55. The van der Waals surface area contributed by atoms with E-state index in [-0.39, 0.29) is 18.2 Å². The van der Waals surface area contributed by atoms with Crippen molar-refractivity contribution in [3.63, 3.8) is 0 Å². The van der Waals surface area contributed by atoms with E-state index in [9.17, 15) is 14.7 Å². The van der Waals surface area contributed by atoms with Gasteiger partial charge in [0.1, 0.15) is 0 Å². The van der Waals surface area contributed by atoms with E-state index in [1.54, 1.807) is 29.2 Å². The van der Waals surface area contributed by atoms with E-state index in [1.807, 2.05) is 0 Å².